The van der Waals surface area contributed by atoms with E-state index >= 15 is 0 Å². The minimum Gasteiger partial charge on any atom is -0.464 e. The monoisotopic (exact) mass is 384 g/mol. The predicted molar refractivity (Wildman–Crippen MR) is 103 cm³/mol. The van der Waals surface area contributed by atoms with Crippen LogP contribution in [0.4, 0.5) is 4.79 Å². The number of nitrogens with one attached hydrogen (secondary N) is 2. The Morgan fingerprint density at radius 2 is 1.50 bits per heavy atom. The van der Waals surface area contributed by atoms with Gasteiger partial charge < -0.3 is 20.1 Å². The van der Waals surface area contributed by atoms with Crippen LogP contribution in [0.1, 0.15) is 18.1 Å². The van der Waals surface area contributed by atoms with Gasteiger partial charge in [-0.2, -0.15) is 0 Å². The Bertz CT molecular complexity index is 765. The van der Waals surface area contributed by atoms with Crippen molar-refractivity contribution < 1.29 is 23.9 Å². The Labute approximate surface area is 164 Å². The van der Waals surface area contributed by atoms with Crippen LogP contribution in [0.3, 0.4) is 0 Å². The van der Waals surface area contributed by atoms with Crippen LogP contribution >= 0.6 is 0 Å². The van der Waals surface area contributed by atoms with Crippen molar-refractivity contribution in [3.05, 3.63) is 71.8 Å². The van der Waals surface area contributed by atoms with Crippen molar-refractivity contribution >= 4 is 18.0 Å². The fourth-order valence-corrected chi connectivity index (χ4v) is 2.46. The maximum absolute atomic E-state index is 12.1. The number of esters is 1. The van der Waals surface area contributed by atoms with E-state index < -0.39 is 24.0 Å². The van der Waals surface area contributed by atoms with Crippen LogP contribution in [-0.2, 0) is 32.1 Å². The summed E-state index contributed by atoms with van der Waals surface area (Å²) in [4.78, 5) is 36.0. The van der Waals surface area contributed by atoms with Crippen LogP contribution in [-0.4, -0.2) is 37.2 Å². The number of amides is 2. The smallest absolute Gasteiger partial charge is 0.407 e. The predicted octanol–water partition coefficient (Wildman–Crippen LogP) is 2.20. The first-order chi connectivity index (χ1) is 13.6. The Kier molecular flexibility index (Phi) is 8.52. The Balaban J connectivity index is 1.81. The van der Waals surface area contributed by atoms with Gasteiger partial charge in [-0.3, -0.25) is 4.79 Å². The zero-order chi connectivity index (χ0) is 20.2. The fourth-order valence-electron chi connectivity index (χ4n) is 2.46. The van der Waals surface area contributed by atoms with Crippen LogP contribution in [0, 0.1) is 0 Å². The van der Waals surface area contributed by atoms with Crippen molar-refractivity contribution in [3.63, 3.8) is 0 Å². The normalized spacial score (nSPS) is 11.2. The van der Waals surface area contributed by atoms with Gasteiger partial charge in [0.05, 0.1) is 6.61 Å². The first kappa shape index (κ1) is 21.0. The van der Waals surface area contributed by atoms with E-state index in [4.69, 9.17) is 9.47 Å². The standard InChI is InChI=1S/C21H24N2O5/c1-2-27-20(25)18(13-16-9-5-3-6-10-16)23-19(24)14-22-21(26)28-15-17-11-7-4-8-12-17/h3-12,18H,2,13-15H2,1H3,(H,22,26)(H,23,24)/t18-/m0/s1. The van der Waals surface area contributed by atoms with Gasteiger partial charge in [0.25, 0.3) is 0 Å². The molecule has 0 aliphatic carbocycles. The van der Waals surface area contributed by atoms with Gasteiger partial charge in [0, 0.05) is 6.42 Å². The average Bonchev–Trinajstić information content (AvgIpc) is 2.72. The molecule has 0 saturated heterocycles. The molecular weight excluding hydrogens is 360 g/mol. The second-order valence-electron chi connectivity index (χ2n) is 5.98. The number of ether oxygens (including phenoxy) is 2. The van der Waals surface area contributed by atoms with Crippen molar-refractivity contribution in [1.29, 1.82) is 0 Å². The molecule has 0 heterocycles. The number of hydrogen-bond acceptors (Lipinski definition) is 5. The molecule has 2 N–H and O–H groups in total. The van der Waals surface area contributed by atoms with Crippen molar-refractivity contribution in [1.82, 2.24) is 10.6 Å². The molecule has 0 unspecified atom stereocenters. The van der Waals surface area contributed by atoms with E-state index in [2.05, 4.69) is 10.6 Å². The first-order valence-electron chi connectivity index (χ1n) is 9.03. The van der Waals surface area contributed by atoms with Crippen molar-refractivity contribution in [2.75, 3.05) is 13.2 Å². The largest absolute Gasteiger partial charge is 0.464 e. The average molecular weight is 384 g/mol. The Hall–Kier alpha value is -3.35. The third-order valence-electron chi connectivity index (χ3n) is 3.80. The summed E-state index contributed by atoms with van der Waals surface area (Å²) in [6, 6.07) is 17.6. The van der Waals surface area contributed by atoms with Crippen LogP contribution in [0.5, 0.6) is 0 Å². The lowest BCUT2D eigenvalue weighted by Gasteiger charge is -2.17. The number of benzene rings is 2. The quantitative estimate of drug-likeness (QED) is 0.647. The molecule has 0 fully saturated rings. The number of hydrogen-bond donors (Lipinski definition) is 2. The first-order valence-corrected chi connectivity index (χ1v) is 9.03. The second kappa shape index (κ2) is 11.4. The minimum absolute atomic E-state index is 0.105. The number of rotatable bonds is 9. The molecule has 7 nitrogen and oxygen atoms in total. The van der Waals surface area contributed by atoms with Crippen LogP contribution in [0.2, 0.25) is 0 Å². The molecule has 2 amide bonds. The van der Waals surface area contributed by atoms with E-state index in [-0.39, 0.29) is 19.8 Å². The zero-order valence-corrected chi connectivity index (χ0v) is 15.7. The fraction of sp³-hybridized carbons (Fsp3) is 0.286. The molecule has 0 aromatic heterocycles. The third kappa shape index (κ3) is 7.49. The maximum Gasteiger partial charge on any atom is 0.407 e. The highest BCUT2D eigenvalue weighted by Crippen LogP contribution is 2.05. The summed E-state index contributed by atoms with van der Waals surface area (Å²) in [7, 11) is 0. The van der Waals surface area contributed by atoms with Crippen LogP contribution in [0.15, 0.2) is 60.7 Å². The summed E-state index contributed by atoms with van der Waals surface area (Å²) >= 11 is 0. The van der Waals surface area contributed by atoms with Gasteiger partial charge in [-0.05, 0) is 18.1 Å². The van der Waals surface area contributed by atoms with E-state index in [0.717, 1.165) is 11.1 Å². The summed E-state index contributed by atoms with van der Waals surface area (Å²) in [5, 5.41) is 4.96. The topological polar surface area (TPSA) is 93.7 Å². The molecule has 2 rings (SSSR count). The molecule has 0 radical (unpaired) electrons. The molecule has 2 aromatic carbocycles. The zero-order valence-electron chi connectivity index (χ0n) is 15.7. The van der Waals surface area contributed by atoms with E-state index in [1.807, 2.05) is 60.7 Å². The molecule has 28 heavy (non-hydrogen) atoms. The summed E-state index contributed by atoms with van der Waals surface area (Å²) in [5.74, 6) is -1.03. The SMILES string of the molecule is CCOC(=O)[C@H](Cc1ccccc1)NC(=O)CNC(=O)OCc1ccccc1. The molecule has 7 heteroatoms. The molecule has 0 spiro atoms. The van der Waals surface area contributed by atoms with Gasteiger partial charge in [0.2, 0.25) is 5.91 Å². The summed E-state index contributed by atoms with van der Waals surface area (Å²) < 4.78 is 10.1. The van der Waals surface area contributed by atoms with Gasteiger partial charge in [0.1, 0.15) is 19.2 Å². The molecule has 1 atom stereocenters. The van der Waals surface area contributed by atoms with E-state index in [1.165, 1.54) is 0 Å². The highest BCUT2D eigenvalue weighted by molar-refractivity contribution is 5.87. The summed E-state index contributed by atoms with van der Waals surface area (Å²) in [6.45, 7) is 1.71. The lowest BCUT2D eigenvalue weighted by molar-refractivity contribution is -0.147. The van der Waals surface area contributed by atoms with Crippen LogP contribution in [0.25, 0.3) is 0 Å². The van der Waals surface area contributed by atoms with E-state index in [0.29, 0.717) is 6.42 Å². The third-order valence-corrected chi connectivity index (χ3v) is 3.80. The van der Waals surface area contributed by atoms with Gasteiger partial charge >= 0.3 is 12.1 Å². The highest BCUT2D eigenvalue weighted by atomic mass is 16.5. The van der Waals surface area contributed by atoms with Crippen LogP contribution < -0.4 is 10.6 Å². The molecule has 148 valence electrons. The summed E-state index contributed by atoms with van der Waals surface area (Å²) in [5.41, 5.74) is 1.73. The van der Waals surface area contributed by atoms with Crippen molar-refractivity contribution in [3.8, 4) is 0 Å². The molecule has 0 bridgehead atoms. The number of carbonyl (C=O) groups excluding carboxylic acids is 3. The summed E-state index contributed by atoms with van der Waals surface area (Å²) in [6.07, 6.45) is -0.418. The van der Waals surface area contributed by atoms with Gasteiger partial charge in [-0.25, -0.2) is 9.59 Å². The maximum atomic E-state index is 12.1. The Morgan fingerprint density at radius 3 is 2.11 bits per heavy atom. The number of carbonyl (C=O) groups is 3. The second-order valence-corrected chi connectivity index (χ2v) is 5.98. The van der Waals surface area contributed by atoms with E-state index in [9.17, 15) is 14.4 Å². The molecule has 0 aliphatic rings. The van der Waals surface area contributed by atoms with Gasteiger partial charge in [-0.1, -0.05) is 60.7 Å². The van der Waals surface area contributed by atoms with E-state index in [1.54, 1.807) is 6.92 Å². The number of alkyl carbamates (subject to hydrolysis) is 1. The molecular formula is C21H24N2O5. The van der Waals surface area contributed by atoms with Gasteiger partial charge in [-0.15, -0.1) is 0 Å². The van der Waals surface area contributed by atoms with Crippen molar-refractivity contribution in [2.24, 2.45) is 0 Å². The van der Waals surface area contributed by atoms with Crippen molar-refractivity contribution in [2.45, 2.75) is 26.0 Å². The van der Waals surface area contributed by atoms with Gasteiger partial charge in [0.15, 0.2) is 0 Å². The lowest BCUT2D eigenvalue weighted by atomic mass is 10.1. The minimum atomic E-state index is -0.836. The molecule has 0 saturated carbocycles. The lowest BCUT2D eigenvalue weighted by Crippen LogP contribution is -2.47. The Morgan fingerprint density at radius 1 is 0.893 bits per heavy atom. The molecule has 2 aromatic rings. The molecule has 0 aliphatic heterocycles. The highest BCUT2D eigenvalue weighted by Gasteiger charge is 2.22.